The number of benzene rings is 1. The maximum atomic E-state index is 13.0. The number of rotatable bonds is 8. The maximum Gasteiger partial charge on any atom is 0.351 e. The first-order chi connectivity index (χ1) is 10.3. The molecule has 0 aliphatic carbocycles. The van der Waals surface area contributed by atoms with E-state index in [0.717, 1.165) is 5.56 Å². The van der Waals surface area contributed by atoms with Gasteiger partial charge in [0, 0.05) is 10.1 Å². The van der Waals surface area contributed by atoms with Gasteiger partial charge in [-0.15, -0.1) is 0 Å². The highest BCUT2D eigenvalue weighted by Gasteiger charge is 2.36. The molecule has 0 saturated carbocycles. The van der Waals surface area contributed by atoms with E-state index in [9.17, 15) is 4.57 Å². The molecule has 124 valence electrons. The minimum absolute atomic E-state index is 0.300. The molecule has 0 radical (unpaired) electrons. The van der Waals surface area contributed by atoms with Crippen LogP contribution < -0.4 is 0 Å². The number of hydrogen-bond acceptors (Lipinski definition) is 4. The summed E-state index contributed by atoms with van der Waals surface area (Å²) in [6, 6.07) is 7.12. The molecule has 0 amide bonds. The van der Waals surface area contributed by atoms with E-state index in [2.05, 4.69) is 0 Å². The van der Waals surface area contributed by atoms with Crippen LogP contribution in [0, 0.1) is 0 Å². The second kappa shape index (κ2) is 9.07. The van der Waals surface area contributed by atoms with Crippen LogP contribution in [0.2, 0.25) is 5.02 Å². The second-order valence-corrected chi connectivity index (χ2v) is 7.74. The van der Waals surface area contributed by atoms with Crippen molar-refractivity contribution in [3.8, 4) is 0 Å². The first kappa shape index (κ1) is 19.7. The Balaban J connectivity index is 3.16. The molecular formula is C15H22Cl2NO3P. The Morgan fingerprint density at radius 1 is 1.23 bits per heavy atom. The van der Waals surface area contributed by atoms with Gasteiger partial charge in [-0.05, 0) is 51.7 Å². The van der Waals surface area contributed by atoms with Crippen molar-refractivity contribution in [3.63, 3.8) is 0 Å². The summed E-state index contributed by atoms with van der Waals surface area (Å²) < 4.78 is 23.8. The van der Waals surface area contributed by atoms with Crippen LogP contribution in [0.4, 0.5) is 0 Å². The first-order valence-electron chi connectivity index (χ1n) is 7.02. The lowest BCUT2D eigenvalue weighted by atomic mass is 10.2. The van der Waals surface area contributed by atoms with Crippen LogP contribution >= 0.6 is 30.8 Å². The zero-order valence-electron chi connectivity index (χ0n) is 13.3. The largest absolute Gasteiger partial charge is 0.351 e. The summed E-state index contributed by atoms with van der Waals surface area (Å²) in [6.07, 6.45) is 1.69. The molecule has 0 fully saturated rings. The van der Waals surface area contributed by atoms with E-state index >= 15 is 0 Å². The number of hydrogen-bond donors (Lipinski definition) is 0. The van der Waals surface area contributed by atoms with Crippen molar-refractivity contribution in [1.29, 1.82) is 0 Å². The summed E-state index contributed by atoms with van der Waals surface area (Å²) >= 11 is 12.2. The van der Waals surface area contributed by atoms with Gasteiger partial charge in [0.1, 0.15) is 5.78 Å². The number of nitrogens with zero attached hydrogens (tertiary/aromatic N) is 1. The zero-order chi connectivity index (χ0) is 16.8. The minimum atomic E-state index is -3.33. The van der Waals surface area contributed by atoms with Gasteiger partial charge in [0.25, 0.3) is 0 Å². The highest BCUT2D eigenvalue weighted by atomic mass is 35.5. The summed E-state index contributed by atoms with van der Waals surface area (Å²) in [7, 11) is 0.276. The molecule has 22 heavy (non-hydrogen) atoms. The van der Waals surface area contributed by atoms with Gasteiger partial charge in [0.15, 0.2) is 0 Å². The molecule has 1 rings (SSSR count). The molecule has 4 nitrogen and oxygen atoms in total. The molecule has 0 N–H and O–H groups in total. The van der Waals surface area contributed by atoms with E-state index in [1.807, 2.05) is 0 Å². The molecule has 1 aromatic rings. The summed E-state index contributed by atoms with van der Waals surface area (Å²) in [5.74, 6) is -0.574. The monoisotopic (exact) mass is 365 g/mol. The third-order valence-electron chi connectivity index (χ3n) is 2.89. The highest BCUT2D eigenvalue weighted by molar-refractivity contribution is 7.54. The molecule has 0 aromatic heterocycles. The Morgan fingerprint density at radius 3 is 2.14 bits per heavy atom. The fourth-order valence-electron chi connectivity index (χ4n) is 1.91. The molecule has 0 spiro atoms. The van der Waals surface area contributed by atoms with Gasteiger partial charge in [-0.2, -0.15) is 0 Å². The Labute approximate surface area is 142 Å². The number of halogens is 2. The molecule has 0 heterocycles. The van der Waals surface area contributed by atoms with E-state index in [4.69, 9.17) is 32.2 Å². The van der Waals surface area contributed by atoms with Crippen molar-refractivity contribution in [3.05, 3.63) is 40.9 Å². The quantitative estimate of drug-likeness (QED) is 0.602. The molecule has 0 aliphatic rings. The molecule has 1 atom stereocenters. The smallest absolute Gasteiger partial charge is 0.308 e. The third kappa shape index (κ3) is 5.38. The average molecular weight is 366 g/mol. The Morgan fingerprint density at radius 2 is 1.73 bits per heavy atom. The Bertz CT molecular complexity index is 536. The second-order valence-electron chi connectivity index (χ2n) is 4.77. The van der Waals surface area contributed by atoms with E-state index < -0.39 is 13.4 Å². The summed E-state index contributed by atoms with van der Waals surface area (Å²) in [5, 5.41) is 1.10. The van der Waals surface area contributed by atoms with Gasteiger partial charge in [-0.25, -0.2) is 0 Å². The van der Waals surface area contributed by atoms with Gasteiger partial charge in [0.05, 0.1) is 13.2 Å². The summed E-state index contributed by atoms with van der Waals surface area (Å²) in [6.45, 7) is 4.16. The molecule has 1 aromatic carbocycles. The van der Waals surface area contributed by atoms with Crippen LogP contribution in [-0.4, -0.2) is 38.0 Å². The first-order valence-corrected chi connectivity index (χ1v) is 9.39. The van der Waals surface area contributed by atoms with Crippen LogP contribution in [0.1, 0.15) is 19.4 Å². The Hall–Kier alpha value is -0.350. The third-order valence-corrected chi connectivity index (χ3v) is 5.98. The van der Waals surface area contributed by atoms with E-state index in [0.29, 0.717) is 23.3 Å². The lowest BCUT2D eigenvalue weighted by molar-refractivity contribution is 0.196. The SMILES string of the molecule is CCOP(=O)(OCC)C(C=C(Cl)c1ccc(Cl)cc1)N(C)C. The maximum absolute atomic E-state index is 13.0. The van der Waals surface area contributed by atoms with Gasteiger partial charge in [0.2, 0.25) is 0 Å². The van der Waals surface area contributed by atoms with Crippen molar-refractivity contribution in [2.45, 2.75) is 19.6 Å². The van der Waals surface area contributed by atoms with Crippen LogP contribution in [0.15, 0.2) is 30.3 Å². The lowest BCUT2D eigenvalue weighted by Gasteiger charge is -2.29. The average Bonchev–Trinajstić information content (AvgIpc) is 2.45. The van der Waals surface area contributed by atoms with Gasteiger partial charge in [-0.3, -0.25) is 9.46 Å². The highest BCUT2D eigenvalue weighted by Crippen LogP contribution is 2.54. The van der Waals surface area contributed by atoms with Gasteiger partial charge in [-0.1, -0.05) is 35.3 Å². The molecule has 0 bridgehead atoms. The minimum Gasteiger partial charge on any atom is -0.308 e. The normalized spacial score (nSPS) is 14.4. The molecule has 1 unspecified atom stereocenters. The Kier molecular flexibility index (Phi) is 8.12. The van der Waals surface area contributed by atoms with Gasteiger partial charge < -0.3 is 9.05 Å². The molecule has 0 saturated heterocycles. The van der Waals surface area contributed by atoms with E-state index in [1.54, 1.807) is 63.2 Å². The van der Waals surface area contributed by atoms with Crippen molar-refractivity contribution in [2.24, 2.45) is 0 Å². The molecule has 0 aliphatic heterocycles. The zero-order valence-corrected chi connectivity index (χ0v) is 15.7. The van der Waals surface area contributed by atoms with Crippen LogP contribution in [0.25, 0.3) is 5.03 Å². The fraction of sp³-hybridized carbons (Fsp3) is 0.467. The fourth-order valence-corrected chi connectivity index (χ4v) is 4.37. The van der Waals surface area contributed by atoms with Gasteiger partial charge >= 0.3 is 7.60 Å². The van der Waals surface area contributed by atoms with Crippen LogP contribution in [0.5, 0.6) is 0 Å². The van der Waals surface area contributed by atoms with E-state index in [1.165, 1.54) is 0 Å². The summed E-state index contributed by atoms with van der Waals surface area (Å²) in [5.41, 5.74) is 0.789. The summed E-state index contributed by atoms with van der Waals surface area (Å²) in [4.78, 5) is 1.77. The predicted molar refractivity (Wildman–Crippen MR) is 93.6 cm³/mol. The molecule has 7 heteroatoms. The van der Waals surface area contributed by atoms with E-state index in [-0.39, 0.29) is 0 Å². The standard InChI is InChI=1S/C15H22Cl2NO3P/c1-5-20-22(19,21-6-2)15(18(3)4)11-14(17)12-7-9-13(16)10-8-12/h7-11,15H,5-6H2,1-4H3. The van der Waals surface area contributed by atoms with Crippen LogP contribution in [0.3, 0.4) is 0 Å². The topological polar surface area (TPSA) is 38.8 Å². The van der Waals surface area contributed by atoms with Crippen molar-refractivity contribution < 1.29 is 13.6 Å². The van der Waals surface area contributed by atoms with Crippen molar-refractivity contribution in [1.82, 2.24) is 4.90 Å². The molecular weight excluding hydrogens is 344 g/mol. The number of likely N-dealkylation sites (N-methyl/N-ethyl adjacent to an activating group) is 1. The van der Waals surface area contributed by atoms with Crippen molar-refractivity contribution >= 4 is 35.8 Å². The predicted octanol–water partition coefficient (Wildman–Crippen LogP) is 5.07. The van der Waals surface area contributed by atoms with Crippen molar-refractivity contribution in [2.75, 3.05) is 27.3 Å². The van der Waals surface area contributed by atoms with Crippen LogP contribution in [-0.2, 0) is 13.6 Å². The lowest BCUT2D eigenvalue weighted by Crippen LogP contribution is -2.28.